The molecule has 42 valence electrons. The van der Waals surface area contributed by atoms with Crippen molar-refractivity contribution in [3.05, 3.63) is 0 Å². The zero-order chi connectivity index (χ0) is 3.41. The van der Waals surface area contributed by atoms with Gasteiger partial charge in [0.2, 0.25) is 0 Å². The molecule has 0 amide bonds. The fraction of sp³-hybridized carbons (Fsp3) is 1.00. The summed E-state index contributed by atoms with van der Waals surface area (Å²) in [5, 5.41) is 7.75. The van der Waals surface area contributed by atoms with Gasteiger partial charge in [-0.2, -0.15) is 0 Å². The molecule has 0 bridgehead atoms. The Morgan fingerprint density at radius 3 is 1.67 bits per heavy atom. The maximum atomic E-state index is 7.75. The van der Waals surface area contributed by atoms with Crippen LogP contribution in [0.5, 0.6) is 0 Å². The highest BCUT2D eigenvalue weighted by molar-refractivity contribution is 5.85. The topological polar surface area (TPSA) is 81.2 Å². The van der Waals surface area contributed by atoms with Crippen LogP contribution in [0.3, 0.4) is 0 Å². The SMILES string of the molecule is Cl.N.NCCO. The molecular weight excluding hydrogens is 103 g/mol. The Morgan fingerprint density at radius 2 is 1.67 bits per heavy atom. The fourth-order valence-corrected chi connectivity index (χ4v) is 0. The second kappa shape index (κ2) is 19.1. The lowest BCUT2D eigenvalue weighted by atomic mass is 10.8. The maximum absolute atomic E-state index is 7.75. The predicted molar refractivity (Wildman–Crippen MR) is 28.4 cm³/mol. The van der Waals surface area contributed by atoms with Crippen LogP contribution >= 0.6 is 12.4 Å². The van der Waals surface area contributed by atoms with E-state index < -0.39 is 0 Å². The number of aliphatic hydroxyl groups is 1. The standard InChI is InChI=1S/C2H7NO.ClH.H3N/c3-1-2-4;;/h4H,1-3H2;1H;1H3. The summed E-state index contributed by atoms with van der Waals surface area (Å²) in [6.07, 6.45) is 0. The van der Waals surface area contributed by atoms with Gasteiger partial charge in [0, 0.05) is 6.54 Å². The molecule has 0 unspecified atom stereocenters. The highest BCUT2D eigenvalue weighted by Gasteiger charge is 1.56. The van der Waals surface area contributed by atoms with E-state index in [4.69, 9.17) is 10.8 Å². The average molecular weight is 115 g/mol. The number of rotatable bonds is 1. The van der Waals surface area contributed by atoms with Gasteiger partial charge in [0.15, 0.2) is 0 Å². The van der Waals surface area contributed by atoms with Crippen LogP contribution in [0, 0.1) is 0 Å². The summed E-state index contributed by atoms with van der Waals surface area (Å²) < 4.78 is 0. The van der Waals surface area contributed by atoms with E-state index >= 15 is 0 Å². The van der Waals surface area contributed by atoms with Crippen molar-refractivity contribution in [2.75, 3.05) is 13.2 Å². The van der Waals surface area contributed by atoms with Crippen LogP contribution in [0.2, 0.25) is 0 Å². The minimum Gasteiger partial charge on any atom is -0.395 e. The van der Waals surface area contributed by atoms with Gasteiger partial charge in [-0.3, -0.25) is 0 Å². The van der Waals surface area contributed by atoms with E-state index in [-0.39, 0.29) is 25.2 Å². The molecule has 0 aliphatic carbocycles. The normalized spacial score (nSPS) is 5.00. The molecule has 3 nitrogen and oxygen atoms in total. The van der Waals surface area contributed by atoms with Crippen molar-refractivity contribution in [1.29, 1.82) is 0 Å². The van der Waals surface area contributed by atoms with Crippen molar-refractivity contribution in [3.8, 4) is 0 Å². The lowest BCUT2D eigenvalue weighted by Gasteiger charge is -1.71. The van der Waals surface area contributed by atoms with Crippen molar-refractivity contribution in [1.82, 2.24) is 6.15 Å². The van der Waals surface area contributed by atoms with Crippen LogP contribution in [0.15, 0.2) is 0 Å². The molecule has 0 saturated heterocycles. The first-order valence-electron chi connectivity index (χ1n) is 1.22. The Morgan fingerprint density at radius 1 is 1.50 bits per heavy atom. The Balaban J connectivity index is -0.0000000450. The van der Waals surface area contributed by atoms with E-state index in [2.05, 4.69) is 0 Å². The first kappa shape index (κ1) is 16.4. The van der Waals surface area contributed by atoms with Crippen LogP contribution in [0.25, 0.3) is 0 Å². The molecule has 0 fully saturated rings. The first-order valence-corrected chi connectivity index (χ1v) is 1.22. The molecular formula is C2H11ClN2O. The lowest BCUT2D eigenvalue weighted by molar-refractivity contribution is 0.306. The summed E-state index contributed by atoms with van der Waals surface area (Å²) in [6, 6.07) is 0. The zero-order valence-electron chi connectivity index (χ0n) is 3.55. The van der Waals surface area contributed by atoms with Gasteiger partial charge in [-0.25, -0.2) is 0 Å². The molecule has 0 radical (unpaired) electrons. The van der Waals surface area contributed by atoms with E-state index in [1.54, 1.807) is 0 Å². The minimum atomic E-state index is 0. The molecule has 0 aromatic carbocycles. The van der Waals surface area contributed by atoms with Gasteiger partial charge in [0.05, 0.1) is 6.61 Å². The third kappa shape index (κ3) is 30.6. The van der Waals surface area contributed by atoms with Gasteiger partial charge in [-0.1, -0.05) is 0 Å². The second-order valence-corrected chi connectivity index (χ2v) is 0.512. The van der Waals surface area contributed by atoms with Crippen LogP contribution < -0.4 is 11.9 Å². The third-order valence-electron chi connectivity index (χ3n) is 0.129. The lowest BCUT2D eigenvalue weighted by Crippen LogP contribution is -2.02. The first-order chi connectivity index (χ1) is 1.91. The molecule has 0 aliphatic heterocycles. The number of aliphatic hydroxyl groups excluding tert-OH is 1. The Kier molecular flexibility index (Phi) is 52.2. The quantitative estimate of drug-likeness (QED) is 0.431. The Bertz CT molecular complexity index is 13.5. The van der Waals surface area contributed by atoms with Gasteiger partial charge in [0.25, 0.3) is 0 Å². The van der Waals surface area contributed by atoms with Crippen LogP contribution in [0.1, 0.15) is 0 Å². The van der Waals surface area contributed by atoms with Gasteiger partial charge < -0.3 is 17.0 Å². The van der Waals surface area contributed by atoms with Crippen LogP contribution in [0.4, 0.5) is 0 Å². The molecule has 0 saturated carbocycles. The van der Waals surface area contributed by atoms with Crippen LogP contribution in [-0.2, 0) is 0 Å². The molecule has 0 heterocycles. The molecule has 0 atom stereocenters. The molecule has 0 aromatic heterocycles. The molecule has 4 heteroatoms. The summed E-state index contributed by atoms with van der Waals surface area (Å²) in [6.45, 7) is 0.472. The van der Waals surface area contributed by atoms with E-state index in [1.807, 2.05) is 0 Å². The van der Waals surface area contributed by atoms with E-state index in [9.17, 15) is 0 Å². The number of nitrogens with two attached hydrogens (primary N) is 1. The summed E-state index contributed by atoms with van der Waals surface area (Å²) >= 11 is 0. The summed E-state index contributed by atoms with van der Waals surface area (Å²) in [5.41, 5.74) is 4.78. The van der Waals surface area contributed by atoms with Crippen molar-refractivity contribution in [3.63, 3.8) is 0 Å². The number of hydrogen-bond donors (Lipinski definition) is 3. The maximum Gasteiger partial charge on any atom is 0.0553 e. The summed E-state index contributed by atoms with van der Waals surface area (Å²) in [7, 11) is 0. The Hall–Kier alpha value is 0.170. The minimum absolute atomic E-state index is 0. The molecule has 0 aromatic rings. The van der Waals surface area contributed by atoms with Crippen molar-refractivity contribution < 1.29 is 5.11 Å². The monoisotopic (exact) mass is 114 g/mol. The highest BCUT2D eigenvalue weighted by Crippen LogP contribution is 1.33. The van der Waals surface area contributed by atoms with Crippen LogP contribution in [-0.4, -0.2) is 18.3 Å². The number of halogens is 1. The zero-order valence-corrected chi connectivity index (χ0v) is 4.37. The molecule has 0 rings (SSSR count). The van der Waals surface area contributed by atoms with Crippen molar-refractivity contribution >= 4 is 12.4 Å². The molecule has 6 N–H and O–H groups in total. The fourth-order valence-electron chi connectivity index (χ4n) is 0. The molecule has 6 heavy (non-hydrogen) atoms. The van der Waals surface area contributed by atoms with Gasteiger partial charge in [-0.05, 0) is 0 Å². The smallest absolute Gasteiger partial charge is 0.0553 e. The van der Waals surface area contributed by atoms with Crippen molar-refractivity contribution in [2.45, 2.75) is 0 Å². The molecule has 0 spiro atoms. The summed E-state index contributed by atoms with van der Waals surface area (Å²) in [4.78, 5) is 0. The largest absolute Gasteiger partial charge is 0.395 e. The number of hydrogen-bond acceptors (Lipinski definition) is 3. The van der Waals surface area contributed by atoms with E-state index in [1.165, 1.54) is 0 Å². The van der Waals surface area contributed by atoms with E-state index in [0.29, 0.717) is 6.54 Å². The third-order valence-corrected chi connectivity index (χ3v) is 0.129. The average Bonchev–Trinajstić information content (AvgIpc) is 1.37. The second-order valence-electron chi connectivity index (χ2n) is 0.512. The predicted octanol–water partition coefficient (Wildman–Crippen LogP) is -0.479. The molecule has 0 aliphatic rings. The van der Waals surface area contributed by atoms with Gasteiger partial charge >= 0.3 is 0 Å². The van der Waals surface area contributed by atoms with E-state index in [0.717, 1.165) is 0 Å². The summed E-state index contributed by atoms with van der Waals surface area (Å²) in [5.74, 6) is 0. The van der Waals surface area contributed by atoms with Gasteiger partial charge in [0.1, 0.15) is 0 Å². The Labute approximate surface area is 43.5 Å². The highest BCUT2D eigenvalue weighted by atomic mass is 35.5. The van der Waals surface area contributed by atoms with Gasteiger partial charge in [-0.15, -0.1) is 12.4 Å². The van der Waals surface area contributed by atoms with Crippen molar-refractivity contribution in [2.24, 2.45) is 5.73 Å².